The van der Waals surface area contributed by atoms with Gasteiger partial charge < -0.3 is 25.6 Å². The van der Waals surface area contributed by atoms with Gasteiger partial charge in [0.1, 0.15) is 0 Å². The Bertz CT molecular complexity index is 974. The van der Waals surface area contributed by atoms with Gasteiger partial charge in [0.25, 0.3) is 0 Å². The minimum atomic E-state index is -0.186. The number of aliphatic hydroxyl groups is 1. The molecule has 1 atom stereocenters. The SMILES string of the molecule is CCn1nnc2c(NCc3cccc(OC)c3O)nc(NC(CO)C(C)C)nc21. The number of hydrogen-bond acceptors (Lipinski definition) is 9. The highest BCUT2D eigenvalue weighted by Crippen LogP contribution is 2.30. The number of hydrogen-bond donors (Lipinski definition) is 4. The minimum Gasteiger partial charge on any atom is -0.504 e. The topological polar surface area (TPSA) is 130 Å². The molecule has 2 heterocycles. The monoisotopic (exact) mass is 401 g/mol. The van der Waals surface area contributed by atoms with Gasteiger partial charge in [0, 0.05) is 18.7 Å². The van der Waals surface area contributed by atoms with Crippen LogP contribution in [0, 0.1) is 5.92 Å². The maximum atomic E-state index is 10.3. The molecule has 10 nitrogen and oxygen atoms in total. The molecule has 0 amide bonds. The van der Waals surface area contributed by atoms with Crippen LogP contribution < -0.4 is 15.4 Å². The van der Waals surface area contributed by atoms with Gasteiger partial charge in [0.2, 0.25) is 5.95 Å². The fourth-order valence-corrected chi connectivity index (χ4v) is 2.90. The van der Waals surface area contributed by atoms with Crippen molar-refractivity contribution in [1.82, 2.24) is 25.0 Å². The molecular weight excluding hydrogens is 374 g/mol. The van der Waals surface area contributed by atoms with Crippen molar-refractivity contribution < 1.29 is 14.9 Å². The normalized spacial score (nSPS) is 12.3. The number of para-hydroxylation sites is 1. The summed E-state index contributed by atoms with van der Waals surface area (Å²) in [6, 6.07) is 5.11. The second-order valence-electron chi connectivity index (χ2n) is 6.97. The van der Waals surface area contributed by atoms with Gasteiger partial charge in [0.05, 0.1) is 19.8 Å². The summed E-state index contributed by atoms with van der Waals surface area (Å²) >= 11 is 0. The van der Waals surface area contributed by atoms with Crippen LogP contribution in [0.2, 0.25) is 0 Å². The van der Waals surface area contributed by atoms with E-state index in [1.165, 1.54) is 7.11 Å². The standard InChI is InChI=1S/C19H27N7O3/c1-5-26-18-15(24-25-26)17(22-19(23-18)21-13(10-27)11(2)3)20-9-12-7-6-8-14(29-4)16(12)28/h6-8,11,13,27-28H,5,9-10H2,1-4H3,(H2,20,21,22,23). The zero-order chi connectivity index (χ0) is 21.0. The lowest BCUT2D eigenvalue weighted by molar-refractivity contribution is 0.248. The second kappa shape index (κ2) is 8.91. The molecule has 1 unspecified atom stereocenters. The Balaban J connectivity index is 1.94. The summed E-state index contributed by atoms with van der Waals surface area (Å²) in [5, 5.41) is 34.7. The Morgan fingerprint density at radius 3 is 2.69 bits per heavy atom. The summed E-state index contributed by atoms with van der Waals surface area (Å²) < 4.78 is 6.84. The number of ether oxygens (including phenoxy) is 1. The van der Waals surface area contributed by atoms with Crippen LogP contribution in [-0.4, -0.2) is 54.9 Å². The molecule has 0 aliphatic heterocycles. The van der Waals surface area contributed by atoms with Gasteiger partial charge in [-0.1, -0.05) is 31.2 Å². The maximum Gasteiger partial charge on any atom is 0.227 e. The lowest BCUT2D eigenvalue weighted by atomic mass is 10.1. The second-order valence-corrected chi connectivity index (χ2v) is 6.97. The highest BCUT2D eigenvalue weighted by Gasteiger charge is 2.18. The molecule has 10 heteroatoms. The van der Waals surface area contributed by atoms with E-state index in [2.05, 4.69) is 30.9 Å². The van der Waals surface area contributed by atoms with Crippen molar-refractivity contribution in [2.45, 2.75) is 39.9 Å². The third-order valence-electron chi connectivity index (χ3n) is 4.73. The van der Waals surface area contributed by atoms with Crippen molar-refractivity contribution in [2.75, 3.05) is 24.4 Å². The fraction of sp³-hybridized carbons (Fsp3) is 0.474. The number of methoxy groups -OCH3 is 1. The smallest absolute Gasteiger partial charge is 0.227 e. The van der Waals surface area contributed by atoms with Crippen LogP contribution in [-0.2, 0) is 13.1 Å². The largest absolute Gasteiger partial charge is 0.504 e. The number of aryl methyl sites for hydroxylation is 1. The first-order valence-corrected chi connectivity index (χ1v) is 9.55. The van der Waals surface area contributed by atoms with Gasteiger partial charge in [0.15, 0.2) is 28.5 Å². The van der Waals surface area contributed by atoms with E-state index in [1.807, 2.05) is 20.8 Å². The molecule has 0 aliphatic carbocycles. The molecule has 0 fully saturated rings. The summed E-state index contributed by atoms with van der Waals surface area (Å²) in [5.41, 5.74) is 1.77. The summed E-state index contributed by atoms with van der Waals surface area (Å²) in [7, 11) is 1.51. The number of rotatable bonds is 9. The van der Waals surface area contributed by atoms with Crippen LogP contribution in [0.4, 0.5) is 11.8 Å². The lowest BCUT2D eigenvalue weighted by Crippen LogP contribution is -2.30. The minimum absolute atomic E-state index is 0.0369. The third-order valence-corrected chi connectivity index (χ3v) is 4.73. The summed E-state index contributed by atoms with van der Waals surface area (Å²) in [6.07, 6.45) is 0. The van der Waals surface area contributed by atoms with Crippen LogP contribution in [0.5, 0.6) is 11.5 Å². The van der Waals surface area contributed by atoms with Crippen LogP contribution >= 0.6 is 0 Å². The first kappa shape index (κ1) is 20.6. The van der Waals surface area contributed by atoms with Gasteiger partial charge in [-0.3, -0.25) is 0 Å². The van der Waals surface area contributed by atoms with E-state index in [1.54, 1.807) is 22.9 Å². The number of aromatic hydroxyl groups is 1. The highest BCUT2D eigenvalue weighted by atomic mass is 16.5. The Hall–Kier alpha value is -3.14. The third kappa shape index (κ3) is 4.32. The van der Waals surface area contributed by atoms with E-state index < -0.39 is 0 Å². The Morgan fingerprint density at radius 2 is 2.03 bits per heavy atom. The molecule has 0 radical (unpaired) electrons. The van der Waals surface area contributed by atoms with Crippen molar-refractivity contribution in [3.05, 3.63) is 23.8 Å². The van der Waals surface area contributed by atoms with Gasteiger partial charge in [-0.15, -0.1) is 5.10 Å². The highest BCUT2D eigenvalue weighted by molar-refractivity contribution is 5.83. The van der Waals surface area contributed by atoms with E-state index in [0.717, 1.165) is 0 Å². The van der Waals surface area contributed by atoms with E-state index in [-0.39, 0.29) is 24.3 Å². The van der Waals surface area contributed by atoms with Crippen molar-refractivity contribution >= 4 is 22.9 Å². The number of anilines is 2. The molecule has 0 bridgehead atoms. The van der Waals surface area contributed by atoms with Gasteiger partial charge in [-0.05, 0) is 18.9 Å². The van der Waals surface area contributed by atoms with Crippen molar-refractivity contribution in [1.29, 1.82) is 0 Å². The maximum absolute atomic E-state index is 10.3. The zero-order valence-electron chi connectivity index (χ0n) is 17.0. The van der Waals surface area contributed by atoms with Crippen molar-refractivity contribution in [3.63, 3.8) is 0 Å². The van der Waals surface area contributed by atoms with E-state index in [0.29, 0.717) is 47.3 Å². The van der Waals surface area contributed by atoms with Gasteiger partial charge in [-0.2, -0.15) is 9.97 Å². The van der Waals surface area contributed by atoms with Crippen LogP contribution in [0.3, 0.4) is 0 Å². The summed E-state index contributed by atoms with van der Waals surface area (Å²) in [5.74, 6) is 1.53. The molecule has 3 rings (SSSR count). The molecule has 0 saturated heterocycles. The molecule has 3 aromatic rings. The number of nitrogens with one attached hydrogen (secondary N) is 2. The number of aliphatic hydroxyl groups excluding tert-OH is 1. The van der Waals surface area contributed by atoms with Crippen LogP contribution in [0.25, 0.3) is 11.2 Å². The average Bonchev–Trinajstić information content (AvgIpc) is 3.14. The van der Waals surface area contributed by atoms with E-state index in [9.17, 15) is 10.2 Å². The first-order chi connectivity index (χ1) is 14.0. The predicted octanol–water partition coefficient (Wildman–Crippen LogP) is 2.00. The summed E-state index contributed by atoms with van der Waals surface area (Å²) in [6.45, 7) is 6.85. The molecule has 2 aromatic heterocycles. The molecule has 0 aliphatic rings. The number of benzene rings is 1. The number of fused-ring (bicyclic) bond motifs is 1. The first-order valence-electron chi connectivity index (χ1n) is 9.55. The molecular formula is C19H27N7O3. The molecule has 1 aromatic carbocycles. The number of nitrogens with zero attached hydrogens (tertiary/aromatic N) is 5. The number of phenolic OH excluding ortho intramolecular Hbond substituents is 1. The van der Waals surface area contributed by atoms with Crippen LogP contribution in [0.1, 0.15) is 26.3 Å². The fourth-order valence-electron chi connectivity index (χ4n) is 2.90. The quantitative estimate of drug-likeness (QED) is 0.425. The molecule has 0 spiro atoms. The van der Waals surface area contributed by atoms with Crippen molar-refractivity contribution in [3.8, 4) is 11.5 Å². The molecule has 0 saturated carbocycles. The average molecular weight is 401 g/mol. The number of phenols is 1. The van der Waals surface area contributed by atoms with Crippen molar-refractivity contribution in [2.24, 2.45) is 5.92 Å². The Morgan fingerprint density at radius 1 is 1.24 bits per heavy atom. The van der Waals surface area contributed by atoms with Crippen LogP contribution in [0.15, 0.2) is 18.2 Å². The lowest BCUT2D eigenvalue weighted by Gasteiger charge is -2.20. The Labute approximate surface area is 168 Å². The molecule has 29 heavy (non-hydrogen) atoms. The zero-order valence-corrected chi connectivity index (χ0v) is 17.0. The van der Waals surface area contributed by atoms with Gasteiger partial charge >= 0.3 is 0 Å². The predicted molar refractivity (Wildman–Crippen MR) is 110 cm³/mol. The molecule has 156 valence electrons. The van der Waals surface area contributed by atoms with Gasteiger partial charge in [-0.25, -0.2) is 4.68 Å². The molecule has 4 N–H and O–H groups in total. The Kier molecular flexibility index (Phi) is 6.32. The summed E-state index contributed by atoms with van der Waals surface area (Å²) in [4.78, 5) is 9.06. The number of aromatic nitrogens is 5. The van der Waals surface area contributed by atoms with E-state index in [4.69, 9.17) is 4.74 Å². The van der Waals surface area contributed by atoms with E-state index >= 15 is 0 Å².